The molecule has 6 nitrogen and oxygen atoms in total. The molecule has 0 bridgehead atoms. The molecule has 0 spiro atoms. The van der Waals surface area contributed by atoms with Crippen LogP contribution in [0.1, 0.15) is 27.7 Å². The molecule has 0 radical (unpaired) electrons. The van der Waals surface area contributed by atoms with Gasteiger partial charge in [0.05, 0.1) is 0 Å². The number of carbonyl (C=O) groups excluding carboxylic acids is 1. The smallest absolute Gasteiger partial charge is 0.243 e. The van der Waals surface area contributed by atoms with Crippen LogP contribution in [0, 0.1) is 5.92 Å². The summed E-state index contributed by atoms with van der Waals surface area (Å²) in [5.41, 5.74) is 4.62. The number of primary amides is 1. The van der Waals surface area contributed by atoms with Crippen molar-refractivity contribution in [3.8, 4) is 0 Å². The van der Waals surface area contributed by atoms with Gasteiger partial charge >= 0.3 is 0 Å². The summed E-state index contributed by atoms with van der Waals surface area (Å²) in [6.07, 6.45) is 1.63. The molecule has 0 aliphatic rings. The summed E-state index contributed by atoms with van der Waals surface area (Å²) >= 11 is 0. The summed E-state index contributed by atoms with van der Waals surface area (Å²) in [6, 6.07) is 1.71. The largest absolute Gasteiger partial charge is 0.368 e. The Kier molecular flexibility index (Phi) is 4.47. The van der Waals surface area contributed by atoms with E-state index in [0.29, 0.717) is 11.8 Å². The predicted octanol–water partition coefficient (Wildman–Crippen LogP) is 1.22. The molecule has 18 heavy (non-hydrogen) atoms. The van der Waals surface area contributed by atoms with Crippen molar-refractivity contribution in [1.29, 1.82) is 0 Å². The van der Waals surface area contributed by atoms with Gasteiger partial charge in [0.2, 0.25) is 11.9 Å². The zero-order valence-electron chi connectivity index (χ0n) is 11.3. The van der Waals surface area contributed by atoms with Gasteiger partial charge in [0.15, 0.2) is 0 Å². The maximum atomic E-state index is 11.6. The van der Waals surface area contributed by atoms with E-state index in [0.717, 1.165) is 6.54 Å². The van der Waals surface area contributed by atoms with Crippen LogP contribution in [0.3, 0.4) is 0 Å². The number of nitrogens with two attached hydrogens (primary N) is 1. The first-order valence-electron chi connectivity index (χ1n) is 6.05. The second kappa shape index (κ2) is 5.66. The zero-order valence-corrected chi connectivity index (χ0v) is 11.3. The van der Waals surface area contributed by atoms with Crippen molar-refractivity contribution in [1.82, 2.24) is 9.97 Å². The van der Waals surface area contributed by atoms with Gasteiger partial charge in [-0.15, -0.1) is 0 Å². The van der Waals surface area contributed by atoms with Crippen molar-refractivity contribution in [2.24, 2.45) is 11.7 Å². The van der Waals surface area contributed by atoms with Gasteiger partial charge in [0, 0.05) is 12.7 Å². The van der Waals surface area contributed by atoms with E-state index in [4.69, 9.17) is 5.73 Å². The van der Waals surface area contributed by atoms with Crippen molar-refractivity contribution in [3.63, 3.8) is 0 Å². The lowest BCUT2D eigenvalue weighted by atomic mass is 9.87. The summed E-state index contributed by atoms with van der Waals surface area (Å²) in [5.74, 6) is 0.752. The highest BCUT2D eigenvalue weighted by Crippen LogP contribution is 2.21. The maximum absolute atomic E-state index is 11.6. The highest BCUT2D eigenvalue weighted by Gasteiger charge is 2.34. The first-order valence-corrected chi connectivity index (χ1v) is 6.05. The Bertz CT molecular complexity index is 421. The molecule has 1 aromatic heterocycles. The standard InChI is InChI=1S/C12H21N5O/c1-5-14-11-15-7-6-9(16-11)17-12(4,8(2)3)10(13)18/h6-8H,5H2,1-4H3,(H2,13,18)(H2,14,15,16,17). The molecule has 0 aromatic carbocycles. The Morgan fingerprint density at radius 2 is 2.22 bits per heavy atom. The number of nitrogens with zero attached hydrogens (tertiary/aromatic N) is 2. The SMILES string of the molecule is CCNc1nccc(NC(C)(C(N)=O)C(C)C)n1. The number of anilines is 2. The molecule has 0 aliphatic carbocycles. The summed E-state index contributed by atoms with van der Waals surface area (Å²) in [4.78, 5) is 19.9. The average molecular weight is 251 g/mol. The van der Waals surface area contributed by atoms with Crippen molar-refractivity contribution in [2.75, 3.05) is 17.2 Å². The number of carbonyl (C=O) groups is 1. The third-order valence-corrected chi connectivity index (χ3v) is 3.04. The molecule has 0 saturated carbocycles. The normalized spacial score (nSPS) is 14.1. The van der Waals surface area contributed by atoms with E-state index in [9.17, 15) is 4.79 Å². The summed E-state index contributed by atoms with van der Waals surface area (Å²) in [7, 11) is 0. The van der Waals surface area contributed by atoms with Crippen LogP contribution in [0.5, 0.6) is 0 Å². The first-order chi connectivity index (χ1) is 8.40. The summed E-state index contributed by atoms with van der Waals surface area (Å²) < 4.78 is 0. The molecule has 1 unspecified atom stereocenters. The molecule has 0 saturated heterocycles. The molecule has 1 aromatic rings. The monoisotopic (exact) mass is 251 g/mol. The predicted molar refractivity (Wildman–Crippen MR) is 72.3 cm³/mol. The van der Waals surface area contributed by atoms with Gasteiger partial charge in [-0.25, -0.2) is 4.98 Å². The molecule has 4 N–H and O–H groups in total. The van der Waals surface area contributed by atoms with E-state index in [2.05, 4.69) is 20.6 Å². The fraction of sp³-hybridized carbons (Fsp3) is 0.583. The summed E-state index contributed by atoms with van der Waals surface area (Å²) in [5, 5.41) is 6.10. The van der Waals surface area contributed by atoms with E-state index in [1.54, 1.807) is 19.2 Å². The van der Waals surface area contributed by atoms with Crippen LogP contribution in [-0.2, 0) is 4.79 Å². The van der Waals surface area contributed by atoms with Crippen LogP contribution >= 0.6 is 0 Å². The van der Waals surface area contributed by atoms with Gasteiger partial charge in [0.1, 0.15) is 11.4 Å². The Balaban J connectivity index is 2.94. The van der Waals surface area contributed by atoms with Crippen LogP contribution < -0.4 is 16.4 Å². The average Bonchev–Trinajstić information content (AvgIpc) is 2.29. The quantitative estimate of drug-likeness (QED) is 0.707. The van der Waals surface area contributed by atoms with Crippen LogP contribution in [0.2, 0.25) is 0 Å². The molecule has 1 atom stereocenters. The number of amides is 1. The molecule has 1 heterocycles. The Hall–Kier alpha value is -1.85. The van der Waals surface area contributed by atoms with Crippen molar-refractivity contribution in [2.45, 2.75) is 33.2 Å². The van der Waals surface area contributed by atoms with Crippen LogP contribution in [-0.4, -0.2) is 28.0 Å². The van der Waals surface area contributed by atoms with Crippen LogP contribution in [0.15, 0.2) is 12.3 Å². The Morgan fingerprint density at radius 1 is 1.56 bits per heavy atom. The van der Waals surface area contributed by atoms with Gasteiger partial charge in [0.25, 0.3) is 0 Å². The minimum atomic E-state index is -0.835. The minimum absolute atomic E-state index is 0.0487. The molecular formula is C12H21N5O. The van der Waals surface area contributed by atoms with Crippen molar-refractivity contribution < 1.29 is 4.79 Å². The molecule has 0 fully saturated rings. The molecule has 6 heteroatoms. The lowest BCUT2D eigenvalue weighted by molar-refractivity contribution is -0.123. The second-order valence-corrected chi connectivity index (χ2v) is 4.64. The third-order valence-electron chi connectivity index (χ3n) is 3.04. The number of rotatable bonds is 6. The molecule has 1 amide bonds. The van der Waals surface area contributed by atoms with Crippen LogP contribution in [0.4, 0.5) is 11.8 Å². The van der Waals surface area contributed by atoms with E-state index in [1.165, 1.54) is 0 Å². The Labute approximate surface area is 107 Å². The second-order valence-electron chi connectivity index (χ2n) is 4.64. The zero-order chi connectivity index (χ0) is 13.8. The minimum Gasteiger partial charge on any atom is -0.368 e. The maximum Gasteiger partial charge on any atom is 0.243 e. The number of hydrogen-bond donors (Lipinski definition) is 3. The van der Waals surface area contributed by atoms with Gasteiger partial charge in [-0.05, 0) is 25.8 Å². The van der Waals surface area contributed by atoms with Crippen molar-refractivity contribution >= 4 is 17.7 Å². The highest BCUT2D eigenvalue weighted by molar-refractivity contribution is 5.87. The van der Waals surface area contributed by atoms with Gasteiger partial charge in [-0.3, -0.25) is 4.79 Å². The van der Waals surface area contributed by atoms with E-state index < -0.39 is 11.4 Å². The van der Waals surface area contributed by atoms with E-state index >= 15 is 0 Å². The van der Waals surface area contributed by atoms with Gasteiger partial charge < -0.3 is 16.4 Å². The number of aromatic nitrogens is 2. The van der Waals surface area contributed by atoms with E-state index in [-0.39, 0.29) is 5.92 Å². The van der Waals surface area contributed by atoms with E-state index in [1.807, 2.05) is 20.8 Å². The Morgan fingerprint density at radius 3 is 2.72 bits per heavy atom. The first kappa shape index (κ1) is 14.2. The number of nitrogens with one attached hydrogen (secondary N) is 2. The molecule has 1 rings (SSSR count). The molecular weight excluding hydrogens is 230 g/mol. The van der Waals surface area contributed by atoms with Crippen LogP contribution in [0.25, 0.3) is 0 Å². The van der Waals surface area contributed by atoms with Gasteiger partial charge in [-0.2, -0.15) is 4.98 Å². The number of hydrogen-bond acceptors (Lipinski definition) is 5. The highest BCUT2D eigenvalue weighted by atomic mass is 16.1. The van der Waals surface area contributed by atoms with Crippen molar-refractivity contribution in [3.05, 3.63) is 12.3 Å². The fourth-order valence-electron chi connectivity index (χ4n) is 1.43. The summed E-state index contributed by atoms with van der Waals surface area (Å²) in [6.45, 7) is 8.34. The van der Waals surface area contributed by atoms with Gasteiger partial charge in [-0.1, -0.05) is 13.8 Å². The lowest BCUT2D eigenvalue weighted by Crippen LogP contribution is -2.52. The topological polar surface area (TPSA) is 92.9 Å². The molecule has 100 valence electrons. The fourth-order valence-corrected chi connectivity index (χ4v) is 1.43. The third kappa shape index (κ3) is 3.09. The lowest BCUT2D eigenvalue weighted by Gasteiger charge is -2.31. The molecule has 0 aliphatic heterocycles.